The molecule has 19 heavy (non-hydrogen) atoms. The molecular formula is C19H36. The highest BCUT2D eigenvalue weighted by molar-refractivity contribution is 5.35. The summed E-state index contributed by atoms with van der Waals surface area (Å²) in [4.78, 5) is 0. The van der Waals surface area contributed by atoms with E-state index in [1.165, 1.54) is 28.7 Å². The molecule has 0 aromatic heterocycles. The molecule has 0 heterocycles. The lowest BCUT2D eigenvalue weighted by molar-refractivity contribution is 0.993. The summed E-state index contributed by atoms with van der Waals surface area (Å²) in [5, 5.41) is 0. The molecule has 0 fully saturated rings. The van der Waals surface area contributed by atoms with Gasteiger partial charge in [-0.15, -0.1) is 0 Å². The third-order valence-electron chi connectivity index (χ3n) is 4.22. The van der Waals surface area contributed by atoms with Crippen molar-refractivity contribution < 1.29 is 0 Å². The molecule has 1 rings (SSSR count). The van der Waals surface area contributed by atoms with Gasteiger partial charge in [0.2, 0.25) is 0 Å². The van der Waals surface area contributed by atoms with Crippen LogP contribution in [0.1, 0.15) is 82.6 Å². The lowest BCUT2D eigenvalue weighted by Gasteiger charge is -1.94. The van der Waals surface area contributed by atoms with Crippen molar-refractivity contribution in [1.82, 2.24) is 0 Å². The number of allylic oxidation sites excluding steroid dienone is 6. The fourth-order valence-electron chi connectivity index (χ4n) is 1.01. The smallest absolute Gasteiger partial charge is 0.00214 e. The minimum Gasteiger partial charge on any atom is -0.0778 e. The standard InChI is InChI=1S/C7H14.C6H10.C6H12/c1-5-7(4)6(2)3;1-4-5(2)6(4)3;1-5(2)6(3)4/h5H2,1-4H3;4H,1-3H3;1-4H3. The Kier molecular flexibility index (Phi) is 10.9. The van der Waals surface area contributed by atoms with Gasteiger partial charge in [-0.25, -0.2) is 0 Å². The van der Waals surface area contributed by atoms with Gasteiger partial charge in [0.25, 0.3) is 0 Å². The van der Waals surface area contributed by atoms with Crippen molar-refractivity contribution in [2.24, 2.45) is 5.92 Å². The molecule has 0 spiro atoms. The highest BCUT2D eigenvalue weighted by Crippen LogP contribution is 2.36. The molecule has 0 N–H and O–H groups in total. The number of hydrogen-bond acceptors (Lipinski definition) is 0. The molecule has 0 amide bonds. The van der Waals surface area contributed by atoms with Crippen molar-refractivity contribution in [3.05, 3.63) is 33.4 Å². The SMILES string of the molecule is CC(C)=C(C)C.CC1=C(C)C1C.CCC(C)=C(C)C. The summed E-state index contributed by atoms with van der Waals surface area (Å²) >= 11 is 0. The zero-order valence-corrected chi connectivity index (χ0v) is 15.3. The van der Waals surface area contributed by atoms with Crippen LogP contribution in [0.2, 0.25) is 0 Å². The fraction of sp³-hybridized carbons (Fsp3) is 0.684. The van der Waals surface area contributed by atoms with E-state index in [4.69, 9.17) is 0 Å². The average molecular weight is 264 g/mol. The molecule has 0 aliphatic heterocycles. The normalized spacial score (nSPS) is 12.8. The minimum absolute atomic E-state index is 0.852. The van der Waals surface area contributed by atoms with Crippen LogP contribution in [0, 0.1) is 5.92 Å². The van der Waals surface area contributed by atoms with Crippen molar-refractivity contribution in [2.45, 2.75) is 82.6 Å². The van der Waals surface area contributed by atoms with Gasteiger partial charge in [0, 0.05) is 0 Å². The largest absolute Gasteiger partial charge is 0.0778 e. The van der Waals surface area contributed by atoms with Crippen LogP contribution in [0.5, 0.6) is 0 Å². The van der Waals surface area contributed by atoms with Gasteiger partial charge >= 0.3 is 0 Å². The zero-order valence-electron chi connectivity index (χ0n) is 15.3. The molecule has 0 aromatic rings. The van der Waals surface area contributed by atoms with Crippen LogP contribution >= 0.6 is 0 Å². The highest BCUT2D eigenvalue weighted by Gasteiger charge is 2.21. The summed E-state index contributed by atoms with van der Waals surface area (Å²) in [7, 11) is 0. The molecule has 0 bridgehead atoms. The molecule has 0 saturated heterocycles. The lowest BCUT2D eigenvalue weighted by atomic mass is 10.1. The van der Waals surface area contributed by atoms with Crippen LogP contribution in [-0.4, -0.2) is 0 Å². The van der Waals surface area contributed by atoms with E-state index in [0.29, 0.717) is 0 Å². The van der Waals surface area contributed by atoms with E-state index in [1.807, 2.05) is 0 Å². The topological polar surface area (TPSA) is 0 Å². The predicted octanol–water partition coefficient (Wildman–Crippen LogP) is 7.09. The Morgan fingerprint density at radius 2 is 1.00 bits per heavy atom. The summed E-state index contributed by atoms with van der Waals surface area (Å²) in [6, 6.07) is 0. The molecule has 1 aliphatic rings. The summed E-state index contributed by atoms with van der Waals surface area (Å²) < 4.78 is 0. The van der Waals surface area contributed by atoms with Crippen LogP contribution < -0.4 is 0 Å². The van der Waals surface area contributed by atoms with Crippen LogP contribution in [0.25, 0.3) is 0 Å². The Morgan fingerprint density at radius 3 is 1.00 bits per heavy atom. The molecule has 0 atom stereocenters. The van der Waals surface area contributed by atoms with E-state index >= 15 is 0 Å². The maximum absolute atomic E-state index is 2.24. The Labute approximate surface area is 122 Å². The van der Waals surface area contributed by atoms with Crippen molar-refractivity contribution in [3.8, 4) is 0 Å². The highest BCUT2D eigenvalue weighted by atomic mass is 14.3. The molecule has 0 unspecified atom stereocenters. The molecule has 0 radical (unpaired) electrons. The first-order valence-corrected chi connectivity index (χ1v) is 7.47. The summed E-state index contributed by atoms with van der Waals surface area (Å²) in [5.41, 5.74) is 9.01. The van der Waals surface area contributed by atoms with Crippen molar-refractivity contribution in [3.63, 3.8) is 0 Å². The molecule has 0 saturated carbocycles. The minimum atomic E-state index is 0.852. The first kappa shape index (κ1) is 20.5. The average Bonchev–Trinajstić information content (AvgIpc) is 2.85. The first-order valence-electron chi connectivity index (χ1n) is 7.47. The third kappa shape index (κ3) is 10.8. The maximum Gasteiger partial charge on any atom is -0.00214 e. The van der Waals surface area contributed by atoms with Gasteiger partial charge in [0.1, 0.15) is 0 Å². The Hall–Kier alpha value is -0.780. The Bertz CT molecular complexity index is 327. The van der Waals surface area contributed by atoms with Crippen LogP contribution in [0.4, 0.5) is 0 Å². The van der Waals surface area contributed by atoms with Gasteiger partial charge in [0.15, 0.2) is 0 Å². The maximum atomic E-state index is 2.24. The van der Waals surface area contributed by atoms with Crippen LogP contribution in [0.15, 0.2) is 33.4 Å². The summed E-state index contributed by atoms with van der Waals surface area (Å²) in [6.45, 7) is 23.8. The second kappa shape index (κ2) is 10.1. The van der Waals surface area contributed by atoms with E-state index in [-0.39, 0.29) is 0 Å². The van der Waals surface area contributed by atoms with Crippen molar-refractivity contribution in [2.75, 3.05) is 0 Å². The van der Waals surface area contributed by atoms with E-state index < -0.39 is 0 Å². The summed E-state index contributed by atoms with van der Waals surface area (Å²) in [6.07, 6.45) is 1.20. The molecule has 112 valence electrons. The van der Waals surface area contributed by atoms with Crippen LogP contribution in [-0.2, 0) is 0 Å². The summed E-state index contributed by atoms with van der Waals surface area (Å²) in [5.74, 6) is 0.852. The second-order valence-corrected chi connectivity index (χ2v) is 6.22. The Balaban J connectivity index is 0. The number of hydrogen-bond donors (Lipinski definition) is 0. The third-order valence-corrected chi connectivity index (χ3v) is 4.22. The van der Waals surface area contributed by atoms with Crippen molar-refractivity contribution >= 4 is 0 Å². The van der Waals surface area contributed by atoms with Gasteiger partial charge in [-0.1, -0.05) is 47.3 Å². The van der Waals surface area contributed by atoms with Crippen LogP contribution in [0.3, 0.4) is 0 Å². The Morgan fingerprint density at radius 1 is 0.737 bits per heavy atom. The van der Waals surface area contributed by atoms with Crippen molar-refractivity contribution in [1.29, 1.82) is 0 Å². The molecule has 0 aromatic carbocycles. The van der Waals surface area contributed by atoms with Gasteiger partial charge in [-0.05, 0) is 74.7 Å². The monoisotopic (exact) mass is 264 g/mol. The lowest BCUT2D eigenvalue weighted by Crippen LogP contribution is -1.73. The zero-order chi connectivity index (χ0) is 15.7. The quantitative estimate of drug-likeness (QED) is 0.443. The molecule has 1 aliphatic carbocycles. The van der Waals surface area contributed by atoms with E-state index in [1.54, 1.807) is 11.1 Å². The predicted molar refractivity (Wildman–Crippen MR) is 91.6 cm³/mol. The van der Waals surface area contributed by atoms with E-state index in [2.05, 4.69) is 76.2 Å². The van der Waals surface area contributed by atoms with Gasteiger partial charge in [-0.2, -0.15) is 0 Å². The molecule has 0 heteroatoms. The molecular weight excluding hydrogens is 228 g/mol. The van der Waals surface area contributed by atoms with Gasteiger partial charge < -0.3 is 0 Å². The second-order valence-electron chi connectivity index (χ2n) is 6.22. The molecule has 0 nitrogen and oxygen atoms in total. The number of rotatable bonds is 1. The first-order chi connectivity index (χ1) is 8.56. The fourth-order valence-corrected chi connectivity index (χ4v) is 1.01. The van der Waals surface area contributed by atoms with Gasteiger partial charge in [0.05, 0.1) is 0 Å². The van der Waals surface area contributed by atoms with Gasteiger partial charge in [-0.3, -0.25) is 0 Å². The van der Waals surface area contributed by atoms with E-state index in [9.17, 15) is 0 Å². The van der Waals surface area contributed by atoms with E-state index in [0.717, 1.165) is 5.92 Å².